The van der Waals surface area contributed by atoms with Crippen LogP contribution in [0.4, 0.5) is 13.6 Å². The number of urea groups is 1. The maximum absolute atomic E-state index is 14.9. The highest BCUT2D eigenvalue weighted by Crippen LogP contribution is 2.35. The van der Waals surface area contributed by atoms with Gasteiger partial charge in [-0.25, -0.2) is 18.6 Å². The molecule has 0 unspecified atom stereocenters. The lowest BCUT2D eigenvalue weighted by Crippen LogP contribution is -2.48. The number of aryl methyl sites for hydroxylation is 1. The summed E-state index contributed by atoms with van der Waals surface area (Å²) in [6.45, 7) is 1.23. The quantitative estimate of drug-likeness (QED) is 0.355. The Morgan fingerprint density at radius 1 is 1.14 bits per heavy atom. The molecule has 3 heterocycles. The minimum atomic E-state index is -0.783. The van der Waals surface area contributed by atoms with Gasteiger partial charge in [0.15, 0.2) is 0 Å². The second-order valence-electron chi connectivity index (χ2n) is 7.49. The molecule has 0 aliphatic heterocycles. The summed E-state index contributed by atoms with van der Waals surface area (Å²) in [5.41, 5.74) is 2.50. The van der Waals surface area contributed by atoms with E-state index in [1.165, 1.54) is 32.5 Å². The van der Waals surface area contributed by atoms with Gasteiger partial charge in [0.05, 0.1) is 31.0 Å². The third-order valence-electron chi connectivity index (χ3n) is 4.94. The summed E-state index contributed by atoms with van der Waals surface area (Å²) in [4.78, 5) is 32.5. The molecule has 1 aromatic carbocycles. The van der Waals surface area contributed by atoms with Crippen molar-refractivity contribution in [2.24, 2.45) is 0 Å². The van der Waals surface area contributed by atoms with Crippen LogP contribution in [0.2, 0.25) is 5.02 Å². The summed E-state index contributed by atoms with van der Waals surface area (Å²) in [5.74, 6) is -2.19. The van der Waals surface area contributed by atoms with E-state index >= 15 is 0 Å². The van der Waals surface area contributed by atoms with Crippen molar-refractivity contribution in [1.29, 1.82) is 0 Å². The maximum Gasteiger partial charge on any atom is 0.336 e. The number of methoxy groups -OCH3 is 1. The number of hydrogen-bond donors (Lipinski definition) is 2. The molecule has 0 fully saturated rings. The van der Waals surface area contributed by atoms with Gasteiger partial charge in [0.2, 0.25) is 17.5 Å². The number of carbonyl (C=O) groups excluding carboxylic acids is 2. The SMILES string of the molecule is COc1cc(C(=O)NN(C)C(=O)NCc2ncc(-c3cc(Cl)cc(F)c3-c3noc(C)n3)cc2F)on1. The number of halogens is 3. The van der Waals surface area contributed by atoms with Crippen molar-refractivity contribution in [3.8, 4) is 28.4 Å². The molecule has 0 aliphatic carbocycles. The van der Waals surface area contributed by atoms with Gasteiger partial charge < -0.3 is 19.1 Å². The van der Waals surface area contributed by atoms with Crippen LogP contribution in [-0.2, 0) is 6.54 Å². The minimum absolute atomic E-state index is 0.0349. The second kappa shape index (κ2) is 10.6. The van der Waals surface area contributed by atoms with E-state index in [1.54, 1.807) is 6.92 Å². The molecular formula is C22H18ClF2N7O5. The number of nitrogens with one attached hydrogen (secondary N) is 2. The first-order chi connectivity index (χ1) is 17.7. The second-order valence-corrected chi connectivity index (χ2v) is 7.93. The number of hydrazine groups is 1. The zero-order valence-electron chi connectivity index (χ0n) is 19.5. The molecule has 2 N–H and O–H groups in total. The summed E-state index contributed by atoms with van der Waals surface area (Å²) in [6.07, 6.45) is 1.29. The Kier molecular flexibility index (Phi) is 7.29. The van der Waals surface area contributed by atoms with E-state index in [-0.39, 0.29) is 57.3 Å². The highest BCUT2D eigenvalue weighted by Gasteiger charge is 2.21. The van der Waals surface area contributed by atoms with Crippen molar-refractivity contribution in [2.45, 2.75) is 13.5 Å². The Labute approximate surface area is 212 Å². The van der Waals surface area contributed by atoms with Gasteiger partial charge in [-0.3, -0.25) is 15.2 Å². The molecule has 0 saturated carbocycles. The van der Waals surface area contributed by atoms with E-state index in [1.807, 2.05) is 0 Å². The number of aromatic nitrogens is 4. The van der Waals surface area contributed by atoms with Gasteiger partial charge in [-0.2, -0.15) is 4.98 Å². The topological polar surface area (TPSA) is 149 Å². The number of pyridine rings is 1. The number of benzene rings is 1. The largest absolute Gasteiger partial charge is 0.479 e. The average molecular weight is 534 g/mol. The third kappa shape index (κ3) is 5.64. The Bertz CT molecular complexity index is 1480. The molecule has 192 valence electrons. The summed E-state index contributed by atoms with van der Waals surface area (Å²) in [7, 11) is 2.61. The summed E-state index contributed by atoms with van der Waals surface area (Å²) in [5, 5.41) is 10.5. The number of rotatable bonds is 6. The smallest absolute Gasteiger partial charge is 0.336 e. The van der Waals surface area contributed by atoms with Crippen LogP contribution in [0.3, 0.4) is 0 Å². The normalized spacial score (nSPS) is 10.8. The van der Waals surface area contributed by atoms with Gasteiger partial charge in [-0.15, -0.1) is 0 Å². The van der Waals surface area contributed by atoms with E-state index in [4.69, 9.17) is 25.4 Å². The first kappa shape index (κ1) is 25.5. The molecule has 0 aliphatic rings. The van der Waals surface area contributed by atoms with Crippen LogP contribution >= 0.6 is 11.6 Å². The van der Waals surface area contributed by atoms with E-state index < -0.39 is 23.6 Å². The van der Waals surface area contributed by atoms with Crippen LogP contribution in [0.1, 0.15) is 22.1 Å². The number of carbonyl (C=O) groups is 2. The zero-order chi connectivity index (χ0) is 26.7. The number of ether oxygens (including phenoxy) is 1. The van der Waals surface area contributed by atoms with Crippen molar-refractivity contribution in [3.63, 3.8) is 0 Å². The van der Waals surface area contributed by atoms with Crippen molar-refractivity contribution in [1.82, 2.24) is 36.0 Å². The number of amides is 3. The summed E-state index contributed by atoms with van der Waals surface area (Å²) >= 11 is 6.02. The van der Waals surface area contributed by atoms with Crippen LogP contribution in [0.15, 0.2) is 39.5 Å². The molecule has 0 spiro atoms. The van der Waals surface area contributed by atoms with E-state index in [0.717, 1.165) is 17.1 Å². The molecule has 0 saturated heterocycles. The van der Waals surface area contributed by atoms with E-state index in [2.05, 4.69) is 31.0 Å². The van der Waals surface area contributed by atoms with Crippen LogP contribution < -0.4 is 15.5 Å². The molecular weight excluding hydrogens is 516 g/mol. The predicted molar refractivity (Wildman–Crippen MR) is 123 cm³/mol. The first-order valence-corrected chi connectivity index (χ1v) is 10.8. The van der Waals surface area contributed by atoms with Gasteiger partial charge in [0, 0.05) is 30.8 Å². The third-order valence-corrected chi connectivity index (χ3v) is 5.16. The summed E-state index contributed by atoms with van der Waals surface area (Å²) < 4.78 is 44.2. The van der Waals surface area contributed by atoms with Crippen molar-refractivity contribution < 1.29 is 32.2 Å². The molecule has 0 atom stereocenters. The lowest BCUT2D eigenvalue weighted by molar-refractivity contribution is 0.0815. The Morgan fingerprint density at radius 3 is 2.57 bits per heavy atom. The molecule has 0 radical (unpaired) electrons. The Balaban J connectivity index is 1.46. The Hall–Kier alpha value is -4.59. The zero-order valence-corrected chi connectivity index (χ0v) is 20.3. The van der Waals surface area contributed by atoms with Crippen LogP contribution in [0, 0.1) is 18.6 Å². The fourth-order valence-electron chi connectivity index (χ4n) is 3.17. The highest BCUT2D eigenvalue weighted by atomic mass is 35.5. The predicted octanol–water partition coefficient (Wildman–Crippen LogP) is 3.52. The van der Waals surface area contributed by atoms with Gasteiger partial charge in [0.25, 0.3) is 5.88 Å². The molecule has 15 heteroatoms. The van der Waals surface area contributed by atoms with Gasteiger partial charge in [0.1, 0.15) is 11.6 Å². The molecule has 4 rings (SSSR count). The highest BCUT2D eigenvalue weighted by molar-refractivity contribution is 6.31. The average Bonchev–Trinajstić information content (AvgIpc) is 3.51. The lowest BCUT2D eigenvalue weighted by atomic mass is 9.99. The van der Waals surface area contributed by atoms with E-state index in [0.29, 0.717) is 0 Å². The first-order valence-electron chi connectivity index (χ1n) is 10.4. The minimum Gasteiger partial charge on any atom is -0.479 e. The molecule has 4 aromatic rings. The summed E-state index contributed by atoms with van der Waals surface area (Å²) in [6, 6.07) is 4.08. The van der Waals surface area contributed by atoms with Crippen molar-refractivity contribution in [3.05, 3.63) is 64.5 Å². The van der Waals surface area contributed by atoms with Gasteiger partial charge in [-0.1, -0.05) is 16.8 Å². The van der Waals surface area contributed by atoms with E-state index in [9.17, 15) is 18.4 Å². The fourth-order valence-corrected chi connectivity index (χ4v) is 3.38. The molecule has 37 heavy (non-hydrogen) atoms. The fraction of sp³-hybridized carbons (Fsp3) is 0.182. The van der Waals surface area contributed by atoms with Gasteiger partial charge in [-0.05, 0) is 28.9 Å². The molecule has 0 bridgehead atoms. The van der Waals surface area contributed by atoms with Crippen LogP contribution in [0.5, 0.6) is 5.88 Å². The number of hydrogen-bond acceptors (Lipinski definition) is 9. The molecule has 3 aromatic heterocycles. The molecule has 12 nitrogen and oxygen atoms in total. The Morgan fingerprint density at radius 2 is 1.92 bits per heavy atom. The van der Waals surface area contributed by atoms with Crippen LogP contribution in [0.25, 0.3) is 22.5 Å². The van der Waals surface area contributed by atoms with Crippen LogP contribution in [-0.4, -0.2) is 51.4 Å². The standard InChI is InChI=1S/C22H18ClF2N7O5/c1-10-28-20(31-36-10)19-13(5-12(23)6-15(19)25)11-4-14(24)16(26-8-11)9-27-22(34)32(2)29-21(33)17-7-18(35-3)30-37-17/h4-8H,9H2,1-3H3,(H,27,34)(H,29,33). The number of nitrogens with zero attached hydrogens (tertiary/aromatic N) is 5. The van der Waals surface area contributed by atoms with Crippen molar-refractivity contribution in [2.75, 3.05) is 14.2 Å². The lowest BCUT2D eigenvalue weighted by Gasteiger charge is -2.18. The van der Waals surface area contributed by atoms with Crippen molar-refractivity contribution >= 4 is 23.5 Å². The monoisotopic (exact) mass is 533 g/mol. The molecule has 3 amide bonds. The maximum atomic E-state index is 14.9. The van der Waals surface area contributed by atoms with Gasteiger partial charge >= 0.3 is 11.9 Å².